The number of nitrogens with two attached hydrogens (primary N) is 1. The Morgan fingerprint density at radius 3 is 2.54 bits per heavy atom. The van der Waals surface area contributed by atoms with E-state index < -0.39 is 36.0 Å². The van der Waals surface area contributed by atoms with Crippen LogP contribution in [0.5, 0.6) is 0 Å². The van der Waals surface area contributed by atoms with Gasteiger partial charge in [0.2, 0.25) is 11.8 Å². The highest BCUT2D eigenvalue weighted by Crippen LogP contribution is 2.19. The largest absolute Gasteiger partial charge is 0.480 e. The molecular weight excluding hydrogens is 340 g/mol. The third-order valence-electron chi connectivity index (χ3n) is 3.98. The lowest BCUT2D eigenvalue weighted by molar-refractivity contribution is -0.142. The molecule has 9 nitrogen and oxygen atoms in total. The van der Waals surface area contributed by atoms with Crippen molar-refractivity contribution in [2.24, 2.45) is 5.73 Å². The summed E-state index contributed by atoms with van der Waals surface area (Å²) in [5.74, 6) is -2.65. The number of carbonyl (C=O) groups excluding carboxylic acids is 2. The Bertz CT molecular complexity index is 801. The van der Waals surface area contributed by atoms with Gasteiger partial charge in [-0.1, -0.05) is 18.2 Å². The van der Waals surface area contributed by atoms with Crippen molar-refractivity contribution in [3.63, 3.8) is 0 Å². The molecular formula is C17H22N4O5. The van der Waals surface area contributed by atoms with E-state index in [9.17, 15) is 24.6 Å². The smallest absolute Gasteiger partial charge is 0.326 e. The van der Waals surface area contributed by atoms with Gasteiger partial charge in [-0.3, -0.25) is 9.59 Å². The van der Waals surface area contributed by atoms with E-state index in [1.165, 1.54) is 6.92 Å². The number of aliphatic hydroxyl groups is 1. The van der Waals surface area contributed by atoms with Crippen molar-refractivity contribution in [3.05, 3.63) is 36.0 Å². The number of aliphatic hydroxyl groups excluding tert-OH is 1. The molecule has 1 aromatic heterocycles. The monoisotopic (exact) mass is 362 g/mol. The van der Waals surface area contributed by atoms with Crippen LogP contribution in [0.4, 0.5) is 0 Å². The number of carboxylic acid groups (broad SMARTS) is 1. The maximum Gasteiger partial charge on any atom is 0.326 e. The summed E-state index contributed by atoms with van der Waals surface area (Å²) in [4.78, 5) is 38.4. The number of carbonyl (C=O) groups is 3. The van der Waals surface area contributed by atoms with Gasteiger partial charge in [0.1, 0.15) is 12.1 Å². The Hall–Kier alpha value is -2.91. The Morgan fingerprint density at radius 2 is 1.92 bits per heavy atom. The number of rotatable bonds is 8. The molecule has 0 bridgehead atoms. The summed E-state index contributed by atoms with van der Waals surface area (Å²) in [7, 11) is 0. The minimum Gasteiger partial charge on any atom is -0.480 e. The first-order valence-corrected chi connectivity index (χ1v) is 8.09. The fourth-order valence-electron chi connectivity index (χ4n) is 2.62. The van der Waals surface area contributed by atoms with Gasteiger partial charge in [0, 0.05) is 23.5 Å². The summed E-state index contributed by atoms with van der Waals surface area (Å²) < 4.78 is 0. The van der Waals surface area contributed by atoms with Crippen LogP contribution in [0.15, 0.2) is 30.5 Å². The highest BCUT2D eigenvalue weighted by molar-refractivity contribution is 5.91. The Morgan fingerprint density at radius 1 is 1.23 bits per heavy atom. The van der Waals surface area contributed by atoms with Gasteiger partial charge >= 0.3 is 5.97 Å². The van der Waals surface area contributed by atoms with Crippen molar-refractivity contribution in [1.29, 1.82) is 0 Å². The van der Waals surface area contributed by atoms with Crippen LogP contribution < -0.4 is 16.4 Å². The molecule has 0 saturated carbocycles. The molecule has 0 aliphatic carbocycles. The summed E-state index contributed by atoms with van der Waals surface area (Å²) in [5, 5.41) is 24.6. The van der Waals surface area contributed by atoms with Gasteiger partial charge in [-0.25, -0.2) is 4.79 Å². The summed E-state index contributed by atoms with van der Waals surface area (Å²) >= 11 is 0. The number of para-hydroxylation sites is 1. The van der Waals surface area contributed by atoms with Crippen molar-refractivity contribution in [2.45, 2.75) is 31.5 Å². The molecule has 0 fully saturated rings. The number of aliphatic carboxylic acids is 1. The lowest BCUT2D eigenvalue weighted by atomic mass is 10.0. The molecule has 0 spiro atoms. The fraction of sp³-hybridized carbons (Fsp3) is 0.353. The molecule has 140 valence electrons. The normalized spacial score (nSPS) is 14.4. The number of aromatic amines is 1. The molecule has 0 aliphatic heterocycles. The van der Waals surface area contributed by atoms with E-state index in [2.05, 4.69) is 15.6 Å². The van der Waals surface area contributed by atoms with Gasteiger partial charge < -0.3 is 31.6 Å². The molecule has 2 rings (SSSR count). The number of carboxylic acids is 1. The lowest BCUT2D eigenvalue weighted by Crippen LogP contribution is -2.56. The molecule has 3 atom stereocenters. The first kappa shape index (κ1) is 19.4. The molecule has 7 N–H and O–H groups in total. The summed E-state index contributed by atoms with van der Waals surface area (Å²) in [6.07, 6.45) is 0.519. The number of hydrogen-bond donors (Lipinski definition) is 6. The summed E-state index contributed by atoms with van der Waals surface area (Å²) in [6.45, 7) is 0.963. The zero-order valence-corrected chi connectivity index (χ0v) is 14.2. The molecule has 2 amide bonds. The molecule has 26 heavy (non-hydrogen) atoms. The SMILES string of the molecule is CC(O)C(NC(=O)CN)C(=O)NC(Cc1c[nH]c2ccccc12)C(=O)O. The zero-order valence-electron chi connectivity index (χ0n) is 14.2. The zero-order chi connectivity index (χ0) is 19.3. The number of nitrogens with one attached hydrogen (secondary N) is 3. The second-order valence-electron chi connectivity index (χ2n) is 5.95. The standard InChI is InChI=1S/C17H22N4O5/c1-9(22)15(21-14(23)7-18)16(24)20-13(17(25)26)6-10-8-19-12-5-3-2-4-11(10)12/h2-5,8-9,13,15,19,22H,6-7,18H2,1H3,(H,20,24)(H,21,23)(H,25,26). The topological polar surface area (TPSA) is 158 Å². The molecule has 2 aromatic rings. The van der Waals surface area contributed by atoms with Crippen molar-refractivity contribution < 1.29 is 24.6 Å². The van der Waals surface area contributed by atoms with Crippen LogP contribution >= 0.6 is 0 Å². The fourth-order valence-corrected chi connectivity index (χ4v) is 2.62. The minimum atomic E-state index is -1.30. The molecule has 0 saturated heterocycles. The van der Waals surface area contributed by atoms with Gasteiger partial charge in [0.05, 0.1) is 12.6 Å². The van der Waals surface area contributed by atoms with Crippen molar-refractivity contribution >= 4 is 28.7 Å². The first-order valence-electron chi connectivity index (χ1n) is 8.09. The number of hydrogen-bond acceptors (Lipinski definition) is 5. The molecule has 0 aliphatic rings. The van der Waals surface area contributed by atoms with E-state index in [0.717, 1.165) is 16.5 Å². The molecule has 1 aromatic carbocycles. The number of benzene rings is 1. The van der Waals surface area contributed by atoms with Gasteiger partial charge in [-0.05, 0) is 18.6 Å². The second kappa shape index (κ2) is 8.45. The number of H-pyrrole nitrogens is 1. The maximum atomic E-state index is 12.3. The van der Waals surface area contributed by atoms with Gasteiger partial charge in [-0.2, -0.15) is 0 Å². The molecule has 0 radical (unpaired) electrons. The highest BCUT2D eigenvalue weighted by Gasteiger charge is 2.29. The van der Waals surface area contributed by atoms with Gasteiger partial charge in [-0.15, -0.1) is 0 Å². The third-order valence-corrected chi connectivity index (χ3v) is 3.98. The van der Waals surface area contributed by atoms with Crippen molar-refractivity contribution in [3.8, 4) is 0 Å². The lowest BCUT2D eigenvalue weighted by Gasteiger charge is -2.23. The van der Waals surface area contributed by atoms with Crippen LogP contribution in [0.2, 0.25) is 0 Å². The molecule has 9 heteroatoms. The third kappa shape index (κ3) is 4.58. The number of fused-ring (bicyclic) bond motifs is 1. The van der Waals surface area contributed by atoms with E-state index in [4.69, 9.17) is 5.73 Å². The first-order chi connectivity index (χ1) is 12.3. The average molecular weight is 362 g/mol. The van der Waals surface area contributed by atoms with Crippen molar-refractivity contribution in [1.82, 2.24) is 15.6 Å². The van der Waals surface area contributed by atoms with Crippen LogP contribution in [-0.2, 0) is 20.8 Å². The summed E-state index contributed by atoms with van der Waals surface area (Å²) in [6, 6.07) is 4.88. The number of amides is 2. The average Bonchev–Trinajstić information content (AvgIpc) is 3.01. The Labute approximate surface area is 149 Å². The van der Waals surface area contributed by atoms with E-state index >= 15 is 0 Å². The predicted molar refractivity (Wildman–Crippen MR) is 94.2 cm³/mol. The minimum absolute atomic E-state index is 0.0441. The van der Waals surface area contributed by atoms with Crippen LogP contribution in [0.3, 0.4) is 0 Å². The van der Waals surface area contributed by atoms with Gasteiger partial charge in [0.15, 0.2) is 0 Å². The van der Waals surface area contributed by atoms with Crippen molar-refractivity contribution in [2.75, 3.05) is 6.54 Å². The highest BCUT2D eigenvalue weighted by atomic mass is 16.4. The van der Waals surface area contributed by atoms with Gasteiger partial charge in [0.25, 0.3) is 0 Å². The predicted octanol–water partition coefficient (Wildman–Crippen LogP) is -0.896. The summed E-state index contributed by atoms with van der Waals surface area (Å²) in [5.41, 5.74) is 6.78. The van der Waals surface area contributed by atoms with E-state index in [1.54, 1.807) is 6.20 Å². The Kier molecular flexibility index (Phi) is 6.31. The van der Waals surface area contributed by atoms with E-state index in [-0.39, 0.29) is 13.0 Å². The van der Waals surface area contributed by atoms with Crippen LogP contribution in [0.1, 0.15) is 12.5 Å². The molecule has 1 heterocycles. The van der Waals surface area contributed by atoms with Crippen LogP contribution in [0.25, 0.3) is 10.9 Å². The second-order valence-corrected chi connectivity index (χ2v) is 5.95. The Balaban J connectivity index is 2.15. The maximum absolute atomic E-state index is 12.3. The number of aromatic nitrogens is 1. The van der Waals surface area contributed by atoms with Crippen LogP contribution in [0, 0.1) is 0 Å². The van der Waals surface area contributed by atoms with E-state index in [0.29, 0.717) is 0 Å². The van der Waals surface area contributed by atoms with E-state index in [1.807, 2.05) is 24.3 Å². The quantitative estimate of drug-likeness (QED) is 0.357. The molecule has 3 unspecified atom stereocenters. The van der Waals surface area contributed by atoms with Crippen LogP contribution in [-0.4, -0.2) is 57.7 Å².